The molecule has 1 aliphatic carbocycles. The van der Waals surface area contributed by atoms with Crippen LogP contribution in [0.25, 0.3) is 0 Å². The number of rotatable bonds is 4. The third-order valence-corrected chi connectivity index (χ3v) is 5.07. The van der Waals surface area contributed by atoms with Gasteiger partial charge in [-0.05, 0) is 44.9 Å². The number of amidine groups is 1. The van der Waals surface area contributed by atoms with Crippen LogP contribution in [0.1, 0.15) is 52.4 Å². The van der Waals surface area contributed by atoms with Crippen molar-refractivity contribution in [2.75, 3.05) is 6.61 Å². The first-order valence-corrected chi connectivity index (χ1v) is 7.92. The van der Waals surface area contributed by atoms with Gasteiger partial charge in [0.2, 0.25) is 5.91 Å². The van der Waals surface area contributed by atoms with Crippen LogP contribution in [-0.4, -0.2) is 35.2 Å². The van der Waals surface area contributed by atoms with Crippen molar-refractivity contribution in [3.63, 3.8) is 0 Å². The van der Waals surface area contributed by atoms with Crippen molar-refractivity contribution in [3.05, 3.63) is 0 Å². The highest BCUT2D eigenvalue weighted by Gasteiger charge is 2.42. The van der Waals surface area contributed by atoms with Crippen LogP contribution in [0, 0.1) is 11.8 Å². The van der Waals surface area contributed by atoms with Crippen LogP contribution < -0.4 is 11.1 Å². The second-order valence-electron chi connectivity index (χ2n) is 6.48. The molecule has 0 bridgehead atoms. The number of nitrogens with two attached hydrogens (primary N) is 1. The lowest BCUT2D eigenvalue weighted by molar-refractivity contribution is -0.126. The number of carbonyl (C=O) groups excluding carboxylic acids is 1. The van der Waals surface area contributed by atoms with Crippen LogP contribution in [0.15, 0.2) is 5.16 Å². The van der Waals surface area contributed by atoms with Crippen LogP contribution in [0.4, 0.5) is 0 Å². The molecular formula is C15H27N3O3. The van der Waals surface area contributed by atoms with Crippen molar-refractivity contribution in [2.24, 2.45) is 22.7 Å². The molecule has 0 radical (unpaired) electrons. The quantitative estimate of drug-likeness (QED) is 0.318. The number of oxime groups is 1. The topological polar surface area (TPSA) is 96.9 Å². The Morgan fingerprint density at radius 2 is 2.14 bits per heavy atom. The van der Waals surface area contributed by atoms with Gasteiger partial charge in [0.15, 0.2) is 5.84 Å². The molecule has 1 saturated carbocycles. The molecule has 2 fully saturated rings. The molecule has 6 heteroatoms. The summed E-state index contributed by atoms with van der Waals surface area (Å²) in [5.41, 5.74) is 5.21. The lowest BCUT2D eigenvalue weighted by Gasteiger charge is -2.40. The molecule has 6 nitrogen and oxygen atoms in total. The summed E-state index contributed by atoms with van der Waals surface area (Å²) in [6.45, 7) is 4.60. The fourth-order valence-corrected chi connectivity index (χ4v) is 3.46. The van der Waals surface area contributed by atoms with Crippen LogP contribution in [-0.2, 0) is 9.53 Å². The normalized spacial score (nSPS) is 37.4. The van der Waals surface area contributed by atoms with E-state index in [1.807, 2.05) is 6.92 Å². The molecule has 1 heterocycles. The molecule has 21 heavy (non-hydrogen) atoms. The number of hydrogen-bond donors (Lipinski definition) is 3. The predicted molar refractivity (Wildman–Crippen MR) is 80.1 cm³/mol. The first-order valence-electron chi connectivity index (χ1n) is 7.92. The summed E-state index contributed by atoms with van der Waals surface area (Å²) in [6, 6.07) is 0. The maximum atomic E-state index is 12.5. The maximum Gasteiger partial charge on any atom is 0.226 e. The van der Waals surface area contributed by atoms with E-state index >= 15 is 0 Å². The molecule has 2 unspecified atom stereocenters. The van der Waals surface area contributed by atoms with E-state index in [1.165, 1.54) is 0 Å². The molecule has 0 aromatic carbocycles. The van der Waals surface area contributed by atoms with Gasteiger partial charge in [0.1, 0.15) is 5.54 Å². The van der Waals surface area contributed by atoms with E-state index in [-0.39, 0.29) is 23.8 Å². The molecule has 1 aliphatic heterocycles. The van der Waals surface area contributed by atoms with E-state index in [0.29, 0.717) is 12.5 Å². The zero-order chi connectivity index (χ0) is 15.5. The van der Waals surface area contributed by atoms with Crippen molar-refractivity contribution in [1.82, 2.24) is 5.32 Å². The molecule has 120 valence electrons. The Bertz CT molecular complexity index is 403. The van der Waals surface area contributed by atoms with Gasteiger partial charge in [0, 0.05) is 0 Å². The van der Waals surface area contributed by atoms with Crippen LogP contribution in [0.2, 0.25) is 0 Å². The number of nitrogens with one attached hydrogen (secondary N) is 1. The predicted octanol–water partition coefficient (Wildman–Crippen LogP) is 1.61. The molecule has 2 aliphatic rings. The van der Waals surface area contributed by atoms with Crippen molar-refractivity contribution in [1.29, 1.82) is 0 Å². The Morgan fingerprint density at radius 3 is 2.62 bits per heavy atom. The summed E-state index contributed by atoms with van der Waals surface area (Å²) in [5, 5.41) is 15.3. The Morgan fingerprint density at radius 1 is 1.48 bits per heavy atom. The largest absolute Gasteiger partial charge is 0.409 e. The van der Waals surface area contributed by atoms with Gasteiger partial charge in [-0.25, -0.2) is 0 Å². The number of hydrogen-bond acceptors (Lipinski definition) is 4. The smallest absolute Gasteiger partial charge is 0.226 e. The van der Waals surface area contributed by atoms with Gasteiger partial charge in [-0.1, -0.05) is 18.5 Å². The average molecular weight is 297 g/mol. The third kappa shape index (κ3) is 3.48. The van der Waals surface area contributed by atoms with Gasteiger partial charge >= 0.3 is 0 Å². The van der Waals surface area contributed by atoms with E-state index in [0.717, 1.165) is 38.5 Å². The first-order chi connectivity index (χ1) is 10.0. The van der Waals surface area contributed by atoms with Gasteiger partial charge < -0.3 is 21.0 Å². The lowest BCUT2D eigenvalue weighted by atomic mass is 9.74. The number of carbonyl (C=O) groups is 1. The van der Waals surface area contributed by atoms with Gasteiger partial charge in [0.05, 0.1) is 18.6 Å². The molecule has 1 saturated heterocycles. The molecular weight excluding hydrogens is 270 g/mol. The van der Waals surface area contributed by atoms with Crippen LogP contribution in [0.5, 0.6) is 0 Å². The van der Waals surface area contributed by atoms with Crippen molar-refractivity contribution in [3.8, 4) is 0 Å². The minimum atomic E-state index is -0.691. The molecule has 2 rings (SSSR count). The SMILES string of the molecule is CCC1CCC(NC(=O)C2COC(C)C2)(C(N)=NO)CC1. The standard InChI is InChI=1S/C15H27N3O3/c1-3-11-4-6-15(7-5-11,14(16)18-20)17-13(19)12-8-10(2)21-9-12/h10-12,20H,3-9H2,1-2H3,(H2,16,18)(H,17,19). The van der Waals surface area contributed by atoms with Crippen LogP contribution in [0.3, 0.4) is 0 Å². The van der Waals surface area contributed by atoms with E-state index in [1.54, 1.807) is 0 Å². The van der Waals surface area contributed by atoms with E-state index < -0.39 is 5.54 Å². The molecule has 2 atom stereocenters. The Balaban J connectivity index is 2.05. The molecule has 0 aromatic heterocycles. The molecule has 0 spiro atoms. The van der Waals surface area contributed by atoms with Crippen molar-refractivity contribution >= 4 is 11.7 Å². The number of ether oxygens (including phenoxy) is 1. The van der Waals surface area contributed by atoms with Crippen molar-refractivity contribution < 1.29 is 14.7 Å². The van der Waals surface area contributed by atoms with Crippen LogP contribution >= 0.6 is 0 Å². The monoisotopic (exact) mass is 297 g/mol. The van der Waals surface area contributed by atoms with Gasteiger partial charge in [-0.15, -0.1) is 0 Å². The van der Waals surface area contributed by atoms with Gasteiger partial charge in [-0.2, -0.15) is 0 Å². The summed E-state index contributed by atoms with van der Waals surface area (Å²) >= 11 is 0. The van der Waals surface area contributed by atoms with Gasteiger partial charge in [0.25, 0.3) is 0 Å². The second-order valence-corrected chi connectivity index (χ2v) is 6.48. The van der Waals surface area contributed by atoms with E-state index in [4.69, 9.17) is 15.7 Å². The average Bonchev–Trinajstić information content (AvgIpc) is 2.93. The Hall–Kier alpha value is -1.30. The fourth-order valence-electron chi connectivity index (χ4n) is 3.46. The summed E-state index contributed by atoms with van der Waals surface area (Å²) in [7, 11) is 0. The summed E-state index contributed by atoms with van der Waals surface area (Å²) in [6.07, 6.45) is 5.43. The fraction of sp³-hybridized carbons (Fsp3) is 0.867. The Kier molecular flexibility index (Phi) is 5.08. The zero-order valence-corrected chi connectivity index (χ0v) is 13.0. The Labute approximate surface area is 126 Å². The molecule has 1 amide bonds. The van der Waals surface area contributed by atoms with Gasteiger partial charge in [-0.3, -0.25) is 4.79 Å². The summed E-state index contributed by atoms with van der Waals surface area (Å²) < 4.78 is 5.46. The minimum Gasteiger partial charge on any atom is -0.409 e. The third-order valence-electron chi connectivity index (χ3n) is 5.07. The minimum absolute atomic E-state index is 0.0408. The van der Waals surface area contributed by atoms with E-state index in [9.17, 15) is 4.79 Å². The first kappa shape index (κ1) is 16.1. The number of nitrogens with zero attached hydrogens (tertiary/aromatic N) is 1. The highest BCUT2D eigenvalue weighted by Crippen LogP contribution is 2.34. The summed E-state index contributed by atoms with van der Waals surface area (Å²) in [4.78, 5) is 12.5. The van der Waals surface area contributed by atoms with Crippen molar-refractivity contribution in [2.45, 2.75) is 64.0 Å². The maximum absolute atomic E-state index is 12.5. The van der Waals surface area contributed by atoms with E-state index in [2.05, 4.69) is 17.4 Å². The highest BCUT2D eigenvalue weighted by molar-refractivity contribution is 5.94. The molecule has 4 N–H and O–H groups in total. The highest BCUT2D eigenvalue weighted by atomic mass is 16.5. The summed E-state index contributed by atoms with van der Waals surface area (Å²) in [5.74, 6) is 0.613. The lowest BCUT2D eigenvalue weighted by Crippen LogP contribution is -2.60. The number of amides is 1. The zero-order valence-electron chi connectivity index (χ0n) is 13.0. The molecule has 0 aromatic rings. The second kappa shape index (κ2) is 6.64.